The molecule has 6 heteroatoms. The van der Waals surface area contributed by atoms with Crippen LogP contribution in [-0.4, -0.2) is 12.7 Å². The molecule has 0 saturated heterocycles. The smallest absolute Gasteiger partial charge is 0.215 e. The van der Waals surface area contributed by atoms with Gasteiger partial charge >= 0.3 is 0 Å². The molecule has 22 heavy (non-hydrogen) atoms. The van der Waals surface area contributed by atoms with Crippen LogP contribution >= 0.6 is 18.1 Å². The van der Waals surface area contributed by atoms with Crippen molar-refractivity contribution in [3.8, 4) is 11.5 Å². The predicted molar refractivity (Wildman–Crippen MR) is 92.0 cm³/mol. The summed E-state index contributed by atoms with van der Waals surface area (Å²) in [5, 5.41) is 0. The summed E-state index contributed by atoms with van der Waals surface area (Å²) in [5.74, 6) is 1.62. The molecule has 0 saturated carbocycles. The molecule has 3 unspecified atom stereocenters. The molecule has 0 bridgehead atoms. The van der Waals surface area contributed by atoms with Crippen LogP contribution in [0.15, 0.2) is 54.6 Å². The number of hydrogen-bond acceptors (Lipinski definition) is 4. The molecule has 0 aliphatic heterocycles. The second kappa shape index (κ2) is 9.76. The van der Waals surface area contributed by atoms with E-state index in [4.69, 9.17) is 18.1 Å². The number of aryl methyl sites for hydroxylation is 1. The van der Waals surface area contributed by atoms with Crippen molar-refractivity contribution in [2.24, 2.45) is 0 Å². The van der Waals surface area contributed by atoms with Gasteiger partial charge in [0.15, 0.2) is 0 Å². The first-order valence-electron chi connectivity index (χ1n) is 6.97. The first-order valence-corrected chi connectivity index (χ1v) is 8.60. The monoisotopic (exact) mass is 338 g/mol. The van der Waals surface area contributed by atoms with Crippen molar-refractivity contribution in [3.05, 3.63) is 60.2 Å². The van der Waals surface area contributed by atoms with Gasteiger partial charge in [-0.2, -0.15) is 0 Å². The fourth-order valence-corrected chi connectivity index (χ4v) is 2.62. The summed E-state index contributed by atoms with van der Waals surface area (Å²) < 4.78 is 22.0. The molecule has 0 amide bonds. The van der Waals surface area contributed by atoms with E-state index in [1.807, 2.05) is 68.4 Å². The number of rotatable bonds is 9. The SMILES string of the molecule is Cc1ccc(OPOCC(C)OPOc2ccccc2)cc1. The first kappa shape index (κ1) is 17.2. The summed E-state index contributed by atoms with van der Waals surface area (Å²) >= 11 is 0. The van der Waals surface area contributed by atoms with Gasteiger partial charge in [0.05, 0.1) is 12.7 Å². The van der Waals surface area contributed by atoms with Crippen LogP contribution in [0.1, 0.15) is 12.5 Å². The van der Waals surface area contributed by atoms with Crippen molar-refractivity contribution < 1.29 is 18.1 Å². The van der Waals surface area contributed by atoms with E-state index in [1.165, 1.54) is 5.56 Å². The van der Waals surface area contributed by atoms with Crippen LogP contribution in [0.25, 0.3) is 0 Å². The van der Waals surface area contributed by atoms with E-state index in [9.17, 15) is 0 Å². The Hall–Kier alpha value is -1.18. The molecule has 0 aliphatic rings. The average molecular weight is 338 g/mol. The second-order valence-electron chi connectivity index (χ2n) is 4.74. The lowest BCUT2D eigenvalue weighted by molar-refractivity contribution is 0.157. The Labute approximate surface area is 135 Å². The second-order valence-corrected chi connectivity index (χ2v) is 6.00. The summed E-state index contributed by atoms with van der Waals surface area (Å²) in [6, 6.07) is 17.5. The van der Waals surface area contributed by atoms with Gasteiger partial charge in [0, 0.05) is 0 Å². The number of benzene rings is 2. The molecule has 0 spiro atoms. The molecule has 4 nitrogen and oxygen atoms in total. The van der Waals surface area contributed by atoms with Crippen molar-refractivity contribution in [2.45, 2.75) is 20.0 Å². The third-order valence-electron chi connectivity index (χ3n) is 2.71. The first-order chi connectivity index (χ1) is 10.7. The van der Waals surface area contributed by atoms with Crippen molar-refractivity contribution >= 4 is 18.1 Å². The number of hydrogen-bond donors (Lipinski definition) is 0. The zero-order valence-corrected chi connectivity index (χ0v) is 14.6. The van der Waals surface area contributed by atoms with E-state index in [0.717, 1.165) is 11.5 Å². The van der Waals surface area contributed by atoms with Crippen molar-refractivity contribution in [3.63, 3.8) is 0 Å². The fraction of sp³-hybridized carbons (Fsp3) is 0.250. The topological polar surface area (TPSA) is 36.9 Å². The van der Waals surface area contributed by atoms with Gasteiger partial charge in [0.25, 0.3) is 0 Å². The predicted octanol–water partition coefficient (Wildman–Crippen LogP) is 4.89. The highest BCUT2D eigenvalue weighted by molar-refractivity contribution is 7.27. The van der Waals surface area contributed by atoms with Crippen molar-refractivity contribution in [1.82, 2.24) is 0 Å². The van der Waals surface area contributed by atoms with Gasteiger partial charge in [-0.3, -0.25) is 0 Å². The van der Waals surface area contributed by atoms with Crippen LogP contribution in [0, 0.1) is 6.92 Å². The van der Waals surface area contributed by atoms with Crippen molar-refractivity contribution in [1.29, 1.82) is 0 Å². The quantitative estimate of drug-likeness (QED) is 0.482. The molecule has 0 radical (unpaired) electrons. The molecule has 118 valence electrons. The van der Waals surface area contributed by atoms with E-state index in [1.54, 1.807) is 0 Å². The third-order valence-corrected chi connectivity index (χ3v) is 4.13. The highest BCUT2D eigenvalue weighted by Crippen LogP contribution is 2.25. The maximum Gasteiger partial charge on any atom is 0.215 e. The van der Waals surface area contributed by atoms with Gasteiger partial charge in [0.1, 0.15) is 11.5 Å². The highest BCUT2D eigenvalue weighted by atomic mass is 31.1. The average Bonchev–Trinajstić information content (AvgIpc) is 2.54. The molecule has 2 aromatic rings. The largest absolute Gasteiger partial charge is 0.450 e. The molecule has 0 N–H and O–H groups in total. The van der Waals surface area contributed by atoms with Gasteiger partial charge < -0.3 is 18.1 Å². The van der Waals surface area contributed by atoms with Crippen LogP contribution in [0.3, 0.4) is 0 Å². The zero-order valence-electron chi connectivity index (χ0n) is 12.6. The van der Waals surface area contributed by atoms with Gasteiger partial charge in [0.2, 0.25) is 18.1 Å². The van der Waals surface area contributed by atoms with Gasteiger partial charge in [-0.1, -0.05) is 35.9 Å². The van der Waals surface area contributed by atoms with Gasteiger partial charge in [-0.05, 0) is 38.1 Å². The molecular weight excluding hydrogens is 318 g/mol. The van der Waals surface area contributed by atoms with E-state index in [0.29, 0.717) is 6.61 Å². The Kier molecular flexibility index (Phi) is 7.62. The lowest BCUT2D eigenvalue weighted by Gasteiger charge is -2.13. The molecule has 3 atom stereocenters. The maximum atomic E-state index is 5.54. The molecule has 0 aromatic heterocycles. The molecule has 2 aromatic carbocycles. The normalized spacial score (nSPS) is 13.0. The number of para-hydroxylation sites is 1. The van der Waals surface area contributed by atoms with Crippen LogP contribution < -0.4 is 9.05 Å². The third kappa shape index (κ3) is 6.72. The lowest BCUT2D eigenvalue weighted by Crippen LogP contribution is -2.10. The van der Waals surface area contributed by atoms with E-state index in [2.05, 4.69) is 0 Å². The van der Waals surface area contributed by atoms with Crippen LogP contribution in [-0.2, 0) is 9.05 Å². The molecule has 0 fully saturated rings. The van der Waals surface area contributed by atoms with E-state index in [-0.39, 0.29) is 24.2 Å². The maximum absolute atomic E-state index is 5.54. The summed E-state index contributed by atoms with van der Waals surface area (Å²) in [5.41, 5.74) is 1.21. The Morgan fingerprint density at radius 1 is 0.864 bits per heavy atom. The Morgan fingerprint density at radius 2 is 1.50 bits per heavy atom. The van der Waals surface area contributed by atoms with Crippen molar-refractivity contribution in [2.75, 3.05) is 6.61 Å². The molecule has 0 aliphatic carbocycles. The summed E-state index contributed by atoms with van der Waals surface area (Å²) in [6.07, 6.45) is -0.0452. The van der Waals surface area contributed by atoms with Crippen LogP contribution in [0.4, 0.5) is 0 Å². The lowest BCUT2D eigenvalue weighted by atomic mass is 10.2. The van der Waals surface area contributed by atoms with E-state index < -0.39 is 0 Å². The standard InChI is InChI=1S/C16H20O4P2/c1-13-8-10-16(11-9-13)19-21-17-12-14(2)18-22-20-15-6-4-3-5-7-15/h3-11,14,21-22H,12H2,1-2H3. The Balaban J connectivity index is 1.54. The Morgan fingerprint density at radius 3 is 2.23 bits per heavy atom. The highest BCUT2D eigenvalue weighted by Gasteiger charge is 2.04. The van der Waals surface area contributed by atoms with Gasteiger partial charge in [-0.25, -0.2) is 0 Å². The van der Waals surface area contributed by atoms with Crippen LogP contribution in [0.2, 0.25) is 0 Å². The van der Waals surface area contributed by atoms with Gasteiger partial charge in [-0.15, -0.1) is 0 Å². The zero-order chi connectivity index (χ0) is 15.6. The minimum absolute atomic E-state index is 0.0405. The van der Waals surface area contributed by atoms with Crippen LogP contribution in [0.5, 0.6) is 11.5 Å². The summed E-state index contributed by atoms with van der Waals surface area (Å²) in [7, 11) is -0.0850. The summed E-state index contributed by atoms with van der Waals surface area (Å²) in [6.45, 7) is 4.45. The minimum Gasteiger partial charge on any atom is -0.450 e. The molecule has 2 rings (SSSR count). The molecular formula is C16H20O4P2. The fourth-order valence-electron chi connectivity index (χ4n) is 1.51. The Bertz CT molecular complexity index is 534. The van der Waals surface area contributed by atoms with E-state index >= 15 is 0 Å². The summed E-state index contributed by atoms with van der Waals surface area (Å²) in [4.78, 5) is 0. The minimum atomic E-state index is -0.0452. The molecule has 0 heterocycles.